The van der Waals surface area contributed by atoms with Crippen molar-refractivity contribution in [3.63, 3.8) is 0 Å². The van der Waals surface area contributed by atoms with Gasteiger partial charge in [-0.15, -0.1) is 0 Å². The molecule has 2 atom stereocenters. The zero-order valence-electron chi connectivity index (χ0n) is 17.0. The summed E-state index contributed by atoms with van der Waals surface area (Å²) in [6.07, 6.45) is 8.52. The molecule has 4 heteroatoms. The molecule has 4 aliphatic carbocycles. The van der Waals surface area contributed by atoms with Gasteiger partial charge in [0.05, 0.1) is 13.7 Å². The minimum absolute atomic E-state index is 0.193. The van der Waals surface area contributed by atoms with Crippen molar-refractivity contribution in [1.82, 2.24) is 5.32 Å². The minimum Gasteiger partial charge on any atom is -0.497 e. The van der Waals surface area contributed by atoms with E-state index in [1.807, 2.05) is 24.3 Å². The third-order valence-electron chi connectivity index (χ3n) is 7.01. The lowest BCUT2D eigenvalue weighted by Crippen LogP contribution is -2.56. The Bertz CT molecular complexity index is 697. The highest BCUT2D eigenvalue weighted by atomic mass is 16.5. The Balaban J connectivity index is 1.27. The second-order valence-corrected chi connectivity index (χ2v) is 10.2. The monoisotopic (exact) mass is 371 g/mol. The lowest BCUT2D eigenvalue weighted by atomic mass is 9.40. The highest BCUT2D eigenvalue weighted by Gasteiger charge is 2.60. The number of ether oxygens (including phenoxy) is 2. The molecule has 4 saturated carbocycles. The van der Waals surface area contributed by atoms with E-state index in [1.54, 1.807) is 7.11 Å². The standard InChI is InChI=1S/C23H33NO3/c1-21-10-17-11-22(2,14-21)16-23(12-17,15-21)13-20(25)24-7-8-27-19-6-4-5-18(9-19)26-3/h4-6,9,17H,7-8,10-16H2,1-3H3,(H,24,25). The number of benzene rings is 1. The minimum atomic E-state index is 0.193. The first kappa shape index (κ1) is 18.6. The van der Waals surface area contributed by atoms with Crippen LogP contribution in [0.15, 0.2) is 24.3 Å². The molecule has 148 valence electrons. The summed E-state index contributed by atoms with van der Waals surface area (Å²) in [6, 6.07) is 7.56. The van der Waals surface area contributed by atoms with E-state index in [-0.39, 0.29) is 11.3 Å². The van der Waals surface area contributed by atoms with Crippen LogP contribution < -0.4 is 14.8 Å². The topological polar surface area (TPSA) is 47.6 Å². The van der Waals surface area contributed by atoms with Gasteiger partial charge in [0.25, 0.3) is 0 Å². The predicted octanol–water partition coefficient (Wildman–Crippen LogP) is 4.58. The van der Waals surface area contributed by atoms with Crippen LogP contribution in [0.25, 0.3) is 0 Å². The maximum atomic E-state index is 12.7. The second-order valence-electron chi connectivity index (χ2n) is 10.2. The molecule has 4 fully saturated rings. The van der Waals surface area contributed by atoms with Gasteiger partial charge in [0.2, 0.25) is 5.91 Å². The Morgan fingerprint density at radius 1 is 1.11 bits per heavy atom. The van der Waals surface area contributed by atoms with Crippen LogP contribution in [0.2, 0.25) is 0 Å². The summed E-state index contributed by atoms with van der Waals surface area (Å²) in [5.41, 5.74) is 1.16. The van der Waals surface area contributed by atoms with Crippen LogP contribution >= 0.6 is 0 Å². The summed E-state index contributed by atoms with van der Waals surface area (Å²) >= 11 is 0. The van der Waals surface area contributed by atoms with Crippen LogP contribution in [0.5, 0.6) is 11.5 Å². The van der Waals surface area contributed by atoms with Crippen molar-refractivity contribution < 1.29 is 14.3 Å². The number of rotatable bonds is 7. The van der Waals surface area contributed by atoms with E-state index < -0.39 is 0 Å². The fourth-order valence-corrected chi connectivity index (χ4v) is 7.33. The Morgan fingerprint density at radius 2 is 1.81 bits per heavy atom. The summed E-state index contributed by atoms with van der Waals surface area (Å²) < 4.78 is 10.9. The third kappa shape index (κ3) is 3.95. The van der Waals surface area contributed by atoms with E-state index in [4.69, 9.17) is 9.47 Å². The number of carbonyl (C=O) groups excluding carboxylic acids is 1. The molecule has 1 N–H and O–H groups in total. The van der Waals surface area contributed by atoms with Gasteiger partial charge in [-0.1, -0.05) is 19.9 Å². The number of hydrogen-bond donors (Lipinski definition) is 1. The lowest BCUT2D eigenvalue weighted by molar-refractivity contribution is -0.156. The normalized spacial score (nSPS) is 36.5. The maximum absolute atomic E-state index is 12.7. The average molecular weight is 372 g/mol. The van der Waals surface area contributed by atoms with Crippen LogP contribution in [0, 0.1) is 22.2 Å². The second kappa shape index (κ2) is 6.72. The summed E-state index contributed by atoms with van der Waals surface area (Å²) in [5.74, 6) is 2.57. The van der Waals surface area contributed by atoms with E-state index in [0.717, 1.165) is 17.4 Å². The highest BCUT2D eigenvalue weighted by molar-refractivity contribution is 5.76. The average Bonchev–Trinajstić information content (AvgIpc) is 2.55. The van der Waals surface area contributed by atoms with Crippen LogP contribution in [-0.2, 0) is 4.79 Å². The summed E-state index contributed by atoms with van der Waals surface area (Å²) in [7, 11) is 1.64. The van der Waals surface area contributed by atoms with Gasteiger partial charge in [-0.25, -0.2) is 0 Å². The fraction of sp³-hybridized carbons (Fsp3) is 0.696. The molecule has 27 heavy (non-hydrogen) atoms. The van der Waals surface area contributed by atoms with Crippen molar-refractivity contribution in [2.75, 3.05) is 20.3 Å². The van der Waals surface area contributed by atoms with Crippen LogP contribution in [0.3, 0.4) is 0 Å². The first-order chi connectivity index (χ1) is 12.8. The molecular weight excluding hydrogens is 338 g/mol. The first-order valence-electron chi connectivity index (χ1n) is 10.3. The summed E-state index contributed by atoms with van der Waals surface area (Å²) in [6.45, 7) is 5.95. The number of nitrogens with one attached hydrogen (secondary N) is 1. The molecule has 4 bridgehead atoms. The third-order valence-corrected chi connectivity index (χ3v) is 7.01. The number of hydrogen-bond acceptors (Lipinski definition) is 3. The molecule has 2 unspecified atom stereocenters. The van der Waals surface area contributed by atoms with Gasteiger partial charge in [0.1, 0.15) is 18.1 Å². The zero-order chi connectivity index (χ0) is 19.1. The Morgan fingerprint density at radius 3 is 2.48 bits per heavy atom. The van der Waals surface area contributed by atoms with Crippen LogP contribution in [0.1, 0.15) is 58.8 Å². The SMILES string of the molecule is COc1cccc(OCCNC(=O)CC23CC4CC(C)(CC(C)(C4)C2)C3)c1. The Labute approximate surface area is 163 Å². The van der Waals surface area contributed by atoms with E-state index in [0.29, 0.717) is 30.4 Å². The van der Waals surface area contributed by atoms with Crippen molar-refractivity contribution >= 4 is 5.91 Å². The van der Waals surface area contributed by atoms with E-state index >= 15 is 0 Å². The van der Waals surface area contributed by atoms with Gasteiger partial charge in [-0.2, -0.15) is 0 Å². The van der Waals surface area contributed by atoms with Gasteiger partial charge in [-0.05, 0) is 72.8 Å². The van der Waals surface area contributed by atoms with E-state index in [2.05, 4.69) is 19.2 Å². The van der Waals surface area contributed by atoms with Gasteiger partial charge < -0.3 is 14.8 Å². The predicted molar refractivity (Wildman–Crippen MR) is 106 cm³/mol. The fourth-order valence-electron chi connectivity index (χ4n) is 7.33. The number of amides is 1. The van der Waals surface area contributed by atoms with Crippen molar-refractivity contribution in [1.29, 1.82) is 0 Å². The highest BCUT2D eigenvalue weighted by Crippen LogP contribution is 2.70. The van der Waals surface area contributed by atoms with Gasteiger partial charge in [-0.3, -0.25) is 4.79 Å². The molecule has 0 aromatic heterocycles. The first-order valence-corrected chi connectivity index (χ1v) is 10.3. The maximum Gasteiger partial charge on any atom is 0.220 e. The summed E-state index contributed by atoms with van der Waals surface area (Å²) in [5, 5.41) is 3.09. The largest absolute Gasteiger partial charge is 0.497 e. The van der Waals surface area contributed by atoms with Crippen molar-refractivity contribution in [3.05, 3.63) is 24.3 Å². The van der Waals surface area contributed by atoms with Gasteiger partial charge >= 0.3 is 0 Å². The smallest absolute Gasteiger partial charge is 0.220 e. The number of carbonyl (C=O) groups is 1. The molecule has 0 heterocycles. The lowest BCUT2D eigenvalue weighted by Gasteiger charge is -2.65. The molecule has 0 aliphatic heterocycles. The number of methoxy groups -OCH3 is 1. The molecule has 0 saturated heterocycles. The van der Waals surface area contributed by atoms with Crippen LogP contribution in [0.4, 0.5) is 0 Å². The molecule has 1 aromatic carbocycles. The molecule has 1 amide bonds. The van der Waals surface area contributed by atoms with Crippen LogP contribution in [-0.4, -0.2) is 26.2 Å². The van der Waals surface area contributed by atoms with Gasteiger partial charge in [0.15, 0.2) is 0 Å². The molecule has 0 radical (unpaired) electrons. The molecule has 0 spiro atoms. The summed E-state index contributed by atoms with van der Waals surface area (Å²) in [4.78, 5) is 12.7. The van der Waals surface area contributed by atoms with E-state index in [9.17, 15) is 4.79 Å². The molecule has 4 nitrogen and oxygen atoms in total. The van der Waals surface area contributed by atoms with E-state index in [1.165, 1.54) is 38.5 Å². The van der Waals surface area contributed by atoms with Gasteiger partial charge in [0, 0.05) is 12.5 Å². The molecule has 5 rings (SSSR count). The van der Waals surface area contributed by atoms with Crippen molar-refractivity contribution in [2.24, 2.45) is 22.2 Å². The zero-order valence-corrected chi connectivity index (χ0v) is 17.0. The molecular formula is C23H33NO3. The Kier molecular flexibility index (Phi) is 4.64. The quantitative estimate of drug-likeness (QED) is 0.714. The van der Waals surface area contributed by atoms with Crippen molar-refractivity contribution in [2.45, 2.75) is 58.8 Å². The molecule has 1 aromatic rings. The molecule has 4 aliphatic rings. The van der Waals surface area contributed by atoms with Crippen molar-refractivity contribution in [3.8, 4) is 11.5 Å². The Hall–Kier alpha value is -1.71.